The SMILES string of the molecule is Cc1nc2ccc(Nc3nn([C@@]4(CC#N)CCCOC4)c4cc[nH]c(=O)c34)cc2s1. The summed E-state index contributed by atoms with van der Waals surface area (Å²) < 4.78 is 8.61. The molecule has 30 heavy (non-hydrogen) atoms. The van der Waals surface area contributed by atoms with E-state index in [0.717, 1.165) is 33.8 Å². The summed E-state index contributed by atoms with van der Waals surface area (Å²) in [5.41, 5.74) is 1.66. The number of ether oxygens (including phenoxy) is 1. The molecule has 0 aliphatic carbocycles. The molecular formula is C21H20N6O2S. The Hall–Kier alpha value is -3.22. The van der Waals surface area contributed by atoms with Gasteiger partial charge in [0.15, 0.2) is 5.82 Å². The Morgan fingerprint density at radius 3 is 3.13 bits per heavy atom. The quantitative estimate of drug-likeness (QED) is 0.520. The summed E-state index contributed by atoms with van der Waals surface area (Å²) >= 11 is 1.62. The summed E-state index contributed by atoms with van der Waals surface area (Å²) in [6.45, 7) is 3.05. The van der Waals surface area contributed by atoms with Crippen molar-refractivity contribution < 1.29 is 4.74 Å². The Bertz CT molecular complexity index is 1340. The van der Waals surface area contributed by atoms with Gasteiger partial charge < -0.3 is 15.0 Å². The van der Waals surface area contributed by atoms with Crippen LogP contribution in [0.3, 0.4) is 0 Å². The van der Waals surface area contributed by atoms with Crippen molar-refractivity contribution in [3.63, 3.8) is 0 Å². The Morgan fingerprint density at radius 1 is 1.43 bits per heavy atom. The maximum absolute atomic E-state index is 12.7. The number of aromatic amines is 1. The van der Waals surface area contributed by atoms with E-state index in [1.54, 1.807) is 17.5 Å². The number of fused-ring (bicyclic) bond motifs is 2. The molecular weight excluding hydrogens is 400 g/mol. The number of hydrogen-bond acceptors (Lipinski definition) is 7. The second kappa shape index (κ2) is 7.23. The molecule has 152 valence electrons. The standard InChI is InChI=1S/C21H20N6O2S/c1-13-24-15-4-3-14(11-17(15)30-13)25-19-18-16(5-9-23-20(18)28)27(26-19)21(7-8-22)6-2-10-29-12-21/h3-5,9,11H,2,6-7,10,12H2,1H3,(H,23,28)(H,25,26)/t21-/m1/s1. The van der Waals surface area contributed by atoms with E-state index in [1.807, 2.05) is 35.9 Å². The predicted molar refractivity (Wildman–Crippen MR) is 116 cm³/mol. The first-order valence-electron chi connectivity index (χ1n) is 9.79. The molecule has 0 bridgehead atoms. The van der Waals surface area contributed by atoms with Crippen molar-refractivity contribution in [2.24, 2.45) is 0 Å². The molecule has 0 amide bonds. The first kappa shape index (κ1) is 18.8. The summed E-state index contributed by atoms with van der Waals surface area (Å²) in [4.78, 5) is 19.9. The van der Waals surface area contributed by atoms with Crippen molar-refractivity contribution in [3.05, 3.63) is 45.8 Å². The average molecular weight is 420 g/mol. The number of pyridine rings is 1. The van der Waals surface area contributed by atoms with Gasteiger partial charge in [0.2, 0.25) is 0 Å². The summed E-state index contributed by atoms with van der Waals surface area (Å²) in [5, 5.41) is 19.1. The smallest absolute Gasteiger partial charge is 0.261 e. The number of rotatable bonds is 4. The number of nitrogens with one attached hydrogen (secondary N) is 2. The second-order valence-electron chi connectivity index (χ2n) is 7.58. The number of nitrogens with zero attached hydrogens (tertiary/aromatic N) is 4. The molecule has 0 saturated carbocycles. The van der Waals surface area contributed by atoms with Crippen LogP contribution in [0.2, 0.25) is 0 Å². The van der Waals surface area contributed by atoms with Gasteiger partial charge in [-0.2, -0.15) is 10.4 Å². The van der Waals surface area contributed by atoms with E-state index in [4.69, 9.17) is 9.84 Å². The number of aromatic nitrogens is 4. The van der Waals surface area contributed by atoms with Crippen molar-refractivity contribution in [1.29, 1.82) is 5.26 Å². The van der Waals surface area contributed by atoms with Crippen LogP contribution in [-0.2, 0) is 10.3 Å². The molecule has 8 nitrogen and oxygen atoms in total. The van der Waals surface area contributed by atoms with Crippen LogP contribution < -0.4 is 10.9 Å². The fourth-order valence-corrected chi connectivity index (χ4v) is 5.01. The highest BCUT2D eigenvalue weighted by molar-refractivity contribution is 7.18. The van der Waals surface area contributed by atoms with Gasteiger partial charge in [-0.3, -0.25) is 9.48 Å². The van der Waals surface area contributed by atoms with E-state index >= 15 is 0 Å². The zero-order valence-corrected chi connectivity index (χ0v) is 17.3. The van der Waals surface area contributed by atoms with Gasteiger partial charge in [0.1, 0.15) is 5.39 Å². The number of nitriles is 1. The molecule has 3 aromatic heterocycles. The number of anilines is 2. The summed E-state index contributed by atoms with van der Waals surface area (Å²) in [6, 6.07) is 10.0. The molecule has 4 heterocycles. The van der Waals surface area contributed by atoms with Gasteiger partial charge in [0.25, 0.3) is 5.56 Å². The van der Waals surface area contributed by atoms with Crippen molar-refractivity contribution >= 4 is 44.0 Å². The Labute approximate surface area is 176 Å². The van der Waals surface area contributed by atoms with Gasteiger partial charge in [-0.25, -0.2) is 4.98 Å². The van der Waals surface area contributed by atoms with Gasteiger partial charge in [-0.05, 0) is 44.0 Å². The Morgan fingerprint density at radius 2 is 2.33 bits per heavy atom. The van der Waals surface area contributed by atoms with E-state index < -0.39 is 5.54 Å². The minimum absolute atomic E-state index is 0.222. The van der Waals surface area contributed by atoms with Crippen LogP contribution in [0.4, 0.5) is 11.5 Å². The zero-order valence-electron chi connectivity index (χ0n) is 16.4. The third-order valence-corrected chi connectivity index (χ3v) is 6.45. The fourth-order valence-electron chi connectivity index (χ4n) is 4.15. The zero-order chi connectivity index (χ0) is 20.7. The summed E-state index contributed by atoms with van der Waals surface area (Å²) in [6.07, 6.45) is 3.50. The van der Waals surface area contributed by atoms with Crippen molar-refractivity contribution in [1.82, 2.24) is 19.7 Å². The van der Waals surface area contributed by atoms with E-state index in [0.29, 0.717) is 29.9 Å². The normalized spacial score (nSPS) is 19.2. The first-order valence-corrected chi connectivity index (χ1v) is 10.6. The van der Waals surface area contributed by atoms with Gasteiger partial charge >= 0.3 is 0 Å². The minimum atomic E-state index is -0.586. The lowest BCUT2D eigenvalue weighted by Crippen LogP contribution is -2.42. The third-order valence-electron chi connectivity index (χ3n) is 5.52. The maximum Gasteiger partial charge on any atom is 0.261 e. The van der Waals surface area contributed by atoms with E-state index in [9.17, 15) is 10.1 Å². The summed E-state index contributed by atoms with van der Waals surface area (Å²) in [7, 11) is 0. The third kappa shape index (κ3) is 3.05. The van der Waals surface area contributed by atoms with Crippen molar-refractivity contribution in [2.75, 3.05) is 18.5 Å². The van der Waals surface area contributed by atoms with Gasteiger partial charge in [-0.15, -0.1) is 11.3 Å². The van der Waals surface area contributed by atoms with Crippen LogP contribution in [0.1, 0.15) is 24.3 Å². The largest absolute Gasteiger partial charge is 0.379 e. The topological polar surface area (TPSA) is 109 Å². The molecule has 2 N–H and O–H groups in total. The number of thiazole rings is 1. The molecule has 1 fully saturated rings. The molecule has 0 spiro atoms. The van der Waals surface area contributed by atoms with Gasteiger partial charge in [0, 0.05) is 18.5 Å². The van der Waals surface area contributed by atoms with E-state index in [2.05, 4.69) is 21.4 Å². The molecule has 1 aliphatic rings. The van der Waals surface area contributed by atoms with Crippen molar-refractivity contribution in [2.45, 2.75) is 31.7 Å². The van der Waals surface area contributed by atoms with Crippen molar-refractivity contribution in [3.8, 4) is 6.07 Å². The maximum atomic E-state index is 12.7. The Kier molecular flexibility index (Phi) is 4.53. The molecule has 4 aromatic rings. The van der Waals surface area contributed by atoms with E-state index in [1.165, 1.54) is 0 Å². The number of aryl methyl sites for hydroxylation is 1. The van der Waals surface area contributed by atoms with Crippen LogP contribution in [0.25, 0.3) is 21.1 Å². The Balaban J connectivity index is 1.65. The second-order valence-corrected chi connectivity index (χ2v) is 8.82. The highest BCUT2D eigenvalue weighted by Gasteiger charge is 2.38. The lowest BCUT2D eigenvalue weighted by atomic mass is 9.89. The van der Waals surface area contributed by atoms with Gasteiger partial charge in [0.05, 0.1) is 45.4 Å². The van der Waals surface area contributed by atoms with Crippen LogP contribution in [0, 0.1) is 18.3 Å². The highest BCUT2D eigenvalue weighted by Crippen LogP contribution is 2.36. The van der Waals surface area contributed by atoms with Gasteiger partial charge in [-0.1, -0.05) is 0 Å². The van der Waals surface area contributed by atoms with E-state index in [-0.39, 0.29) is 12.0 Å². The number of hydrogen-bond donors (Lipinski definition) is 2. The number of H-pyrrole nitrogens is 1. The summed E-state index contributed by atoms with van der Waals surface area (Å²) in [5.74, 6) is 0.468. The molecule has 1 aliphatic heterocycles. The fraction of sp³-hybridized carbons (Fsp3) is 0.333. The van der Waals surface area contributed by atoms with Crippen LogP contribution >= 0.6 is 11.3 Å². The minimum Gasteiger partial charge on any atom is -0.379 e. The molecule has 9 heteroatoms. The first-order chi connectivity index (χ1) is 14.6. The molecule has 1 aromatic carbocycles. The molecule has 1 atom stereocenters. The highest BCUT2D eigenvalue weighted by atomic mass is 32.1. The molecule has 1 saturated heterocycles. The predicted octanol–water partition coefficient (Wildman–Crippen LogP) is 3.81. The number of benzene rings is 1. The molecule has 0 radical (unpaired) electrons. The van der Waals surface area contributed by atoms with Crippen LogP contribution in [0.15, 0.2) is 35.3 Å². The molecule has 5 rings (SSSR count). The van der Waals surface area contributed by atoms with Crippen LogP contribution in [-0.4, -0.2) is 33.0 Å². The lowest BCUT2D eigenvalue weighted by Gasteiger charge is -2.35. The molecule has 0 unspecified atom stereocenters. The lowest BCUT2D eigenvalue weighted by molar-refractivity contribution is -0.00174. The monoisotopic (exact) mass is 420 g/mol. The average Bonchev–Trinajstić information content (AvgIpc) is 3.29. The van der Waals surface area contributed by atoms with Crippen LogP contribution in [0.5, 0.6) is 0 Å².